The van der Waals surface area contributed by atoms with Gasteiger partial charge < -0.3 is 20.7 Å². The van der Waals surface area contributed by atoms with E-state index < -0.39 is 0 Å². The van der Waals surface area contributed by atoms with E-state index in [9.17, 15) is 14.4 Å². The van der Waals surface area contributed by atoms with Gasteiger partial charge in [0.15, 0.2) is 0 Å². The molecule has 3 atom stereocenters. The summed E-state index contributed by atoms with van der Waals surface area (Å²) in [5.41, 5.74) is 2.47. The Balaban J connectivity index is 1.64. The van der Waals surface area contributed by atoms with E-state index in [4.69, 9.17) is 4.74 Å². The Kier molecular flexibility index (Phi) is 10.1. The third kappa shape index (κ3) is 7.59. The van der Waals surface area contributed by atoms with Crippen molar-refractivity contribution in [3.8, 4) is 0 Å². The molecule has 2 aliphatic rings. The highest BCUT2D eigenvalue weighted by atomic mass is 16.5. The zero-order chi connectivity index (χ0) is 21.9. The summed E-state index contributed by atoms with van der Waals surface area (Å²) in [6.45, 7) is 2.52. The highest BCUT2D eigenvalue weighted by molar-refractivity contribution is 5.83. The van der Waals surface area contributed by atoms with Crippen molar-refractivity contribution in [1.82, 2.24) is 21.4 Å². The van der Waals surface area contributed by atoms with Gasteiger partial charge in [-0.2, -0.15) is 5.10 Å². The topological polar surface area (TPSA) is 121 Å². The van der Waals surface area contributed by atoms with Crippen LogP contribution in [0.25, 0.3) is 0 Å². The van der Waals surface area contributed by atoms with Crippen LogP contribution in [-0.2, 0) is 14.3 Å². The molecule has 4 amide bonds. The Morgan fingerprint density at radius 2 is 1.77 bits per heavy atom. The van der Waals surface area contributed by atoms with Crippen LogP contribution in [0.15, 0.2) is 5.10 Å². The molecule has 0 heterocycles. The lowest BCUT2D eigenvalue weighted by Gasteiger charge is -2.27. The number of hydrazone groups is 1. The fourth-order valence-electron chi connectivity index (χ4n) is 4.23. The smallest absolute Gasteiger partial charge is 0.335 e. The second-order valence-corrected chi connectivity index (χ2v) is 8.32. The molecule has 9 heteroatoms. The molecule has 4 N–H and O–H groups in total. The van der Waals surface area contributed by atoms with Crippen molar-refractivity contribution in [2.75, 3.05) is 20.7 Å². The van der Waals surface area contributed by atoms with E-state index in [0.717, 1.165) is 44.9 Å². The first kappa shape index (κ1) is 24.1. The predicted octanol–water partition coefficient (Wildman–Crippen LogP) is 1.53. The minimum absolute atomic E-state index is 0.0182. The van der Waals surface area contributed by atoms with E-state index in [2.05, 4.69) is 26.5 Å². The van der Waals surface area contributed by atoms with Gasteiger partial charge in [-0.3, -0.25) is 9.59 Å². The van der Waals surface area contributed by atoms with Gasteiger partial charge in [0.1, 0.15) is 0 Å². The molecule has 0 unspecified atom stereocenters. The third-order valence-electron chi connectivity index (χ3n) is 6.29. The summed E-state index contributed by atoms with van der Waals surface area (Å²) in [4.78, 5) is 36.0. The molecule has 0 aliphatic heterocycles. The third-order valence-corrected chi connectivity index (χ3v) is 6.29. The summed E-state index contributed by atoms with van der Waals surface area (Å²) < 4.78 is 5.32. The Morgan fingerprint density at radius 3 is 2.37 bits per heavy atom. The van der Waals surface area contributed by atoms with Crippen LogP contribution in [0.3, 0.4) is 0 Å². The van der Waals surface area contributed by atoms with E-state index in [1.165, 1.54) is 0 Å². The molecular formula is C21H37N5O4. The van der Waals surface area contributed by atoms with Crippen LogP contribution in [-0.4, -0.2) is 56.9 Å². The molecule has 0 spiro atoms. The first-order valence-corrected chi connectivity index (χ1v) is 11.1. The van der Waals surface area contributed by atoms with Crippen molar-refractivity contribution in [1.29, 1.82) is 0 Å². The van der Waals surface area contributed by atoms with Gasteiger partial charge in [-0.1, -0.05) is 6.92 Å². The zero-order valence-corrected chi connectivity index (χ0v) is 18.4. The maximum absolute atomic E-state index is 12.4. The molecule has 0 aromatic carbocycles. The summed E-state index contributed by atoms with van der Waals surface area (Å²) in [7, 11) is 3.35. The number of nitrogens with zero attached hydrogens (tertiary/aromatic N) is 1. The number of carbonyl (C=O) groups is 3. The quantitative estimate of drug-likeness (QED) is 0.332. The maximum atomic E-state index is 12.4. The maximum Gasteiger partial charge on any atom is 0.335 e. The molecule has 0 aromatic heterocycles. The van der Waals surface area contributed by atoms with E-state index in [1.807, 2.05) is 6.92 Å². The molecule has 0 radical (unpaired) electrons. The molecule has 2 aliphatic carbocycles. The Labute approximate surface area is 179 Å². The summed E-state index contributed by atoms with van der Waals surface area (Å²) >= 11 is 0. The van der Waals surface area contributed by atoms with Gasteiger partial charge in [-0.15, -0.1) is 0 Å². The van der Waals surface area contributed by atoms with E-state index in [0.29, 0.717) is 18.9 Å². The van der Waals surface area contributed by atoms with Crippen LogP contribution in [0, 0.1) is 17.8 Å². The van der Waals surface area contributed by atoms with Gasteiger partial charge in [-0.25, -0.2) is 10.2 Å². The van der Waals surface area contributed by atoms with Gasteiger partial charge >= 0.3 is 6.03 Å². The van der Waals surface area contributed by atoms with Crippen molar-refractivity contribution >= 4 is 24.1 Å². The minimum Gasteiger partial charge on any atom is -0.381 e. The number of urea groups is 1. The molecular weight excluding hydrogens is 386 g/mol. The minimum atomic E-state index is -0.361. The number of carbonyl (C=O) groups excluding carboxylic acids is 3. The second-order valence-electron chi connectivity index (χ2n) is 8.32. The summed E-state index contributed by atoms with van der Waals surface area (Å²) in [6, 6.07) is -0.584. The zero-order valence-electron chi connectivity index (χ0n) is 18.4. The van der Waals surface area contributed by atoms with E-state index in [-0.39, 0.29) is 41.8 Å². The first-order chi connectivity index (χ1) is 14.5. The Bertz CT molecular complexity index is 604. The largest absolute Gasteiger partial charge is 0.381 e. The number of nitrogens with one attached hydrogen (secondary N) is 4. The van der Waals surface area contributed by atoms with Crippen molar-refractivity contribution in [2.24, 2.45) is 22.9 Å². The van der Waals surface area contributed by atoms with Crippen LogP contribution in [0.1, 0.15) is 58.3 Å². The Morgan fingerprint density at radius 1 is 1.07 bits per heavy atom. The molecule has 170 valence electrons. The molecule has 0 bridgehead atoms. The van der Waals surface area contributed by atoms with Crippen LogP contribution in [0.4, 0.5) is 4.79 Å². The lowest BCUT2D eigenvalue weighted by Crippen LogP contribution is -2.41. The summed E-state index contributed by atoms with van der Waals surface area (Å²) in [5.74, 6) is 0.579. The molecule has 9 nitrogen and oxygen atoms in total. The number of ether oxygens (including phenoxy) is 1. The molecule has 2 rings (SSSR count). The molecule has 0 saturated heterocycles. The van der Waals surface area contributed by atoms with Gasteiger partial charge in [-0.05, 0) is 57.3 Å². The lowest BCUT2D eigenvalue weighted by atomic mass is 9.81. The van der Waals surface area contributed by atoms with Crippen molar-refractivity contribution in [3.05, 3.63) is 0 Å². The highest BCUT2D eigenvalue weighted by Gasteiger charge is 2.30. The van der Waals surface area contributed by atoms with E-state index in [1.54, 1.807) is 20.4 Å². The normalized spacial score (nSPS) is 27.4. The monoisotopic (exact) mass is 423 g/mol. The molecule has 2 saturated carbocycles. The van der Waals surface area contributed by atoms with Crippen LogP contribution >= 0.6 is 0 Å². The highest BCUT2D eigenvalue weighted by Crippen LogP contribution is 2.28. The van der Waals surface area contributed by atoms with Crippen molar-refractivity contribution < 1.29 is 19.1 Å². The predicted molar refractivity (Wildman–Crippen MR) is 115 cm³/mol. The lowest BCUT2D eigenvalue weighted by molar-refractivity contribution is -0.126. The van der Waals surface area contributed by atoms with Gasteiger partial charge in [0.2, 0.25) is 11.8 Å². The summed E-state index contributed by atoms with van der Waals surface area (Å²) in [6.07, 6.45) is 8.49. The Hall–Kier alpha value is -2.16. The average molecular weight is 424 g/mol. The van der Waals surface area contributed by atoms with E-state index >= 15 is 0 Å². The fourth-order valence-corrected chi connectivity index (χ4v) is 4.23. The number of rotatable bonds is 9. The molecule has 30 heavy (non-hydrogen) atoms. The number of amides is 4. The SMILES string of the molecule is CC[C@@H](/C=N/NC(=O)NCC1CCC(C(=O)NC)CC1)NC(=O)[C@H]1CC[C@H](OC)C1. The number of hydrogen-bond acceptors (Lipinski definition) is 5. The average Bonchev–Trinajstić information content (AvgIpc) is 3.26. The first-order valence-electron chi connectivity index (χ1n) is 11.1. The summed E-state index contributed by atoms with van der Waals surface area (Å²) in [5, 5.41) is 12.5. The van der Waals surface area contributed by atoms with Crippen molar-refractivity contribution in [2.45, 2.75) is 70.4 Å². The van der Waals surface area contributed by atoms with Crippen LogP contribution in [0.5, 0.6) is 0 Å². The van der Waals surface area contributed by atoms with Gasteiger partial charge in [0.25, 0.3) is 0 Å². The molecule has 0 aromatic rings. The van der Waals surface area contributed by atoms with Crippen LogP contribution in [0.2, 0.25) is 0 Å². The van der Waals surface area contributed by atoms with Gasteiger partial charge in [0.05, 0.1) is 12.1 Å². The van der Waals surface area contributed by atoms with Crippen molar-refractivity contribution in [3.63, 3.8) is 0 Å². The number of methoxy groups -OCH3 is 1. The van der Waals surface area contributed by atoms with Crippen LogP contribution < -0.4 is 21.4 Å². The van der Waals surface area contributed by atoms with Gasteiger partial charge in [0, 0.05) is 38.8 Å². The second kappa shape index (κ2) is 12.5. The number of hydrogen-bond donors (Lipinski definition) is 4. The standard InChI is InChI=1S/C21H37N5O4/c1-4-17(25-20(28)16-9-10-18(11-16)30-3)13-24-26-21(29)23-12-14-5-7-15(8-6-14)19(27)22-2/h13-18H,4-12H2,1-3H3,(H,22,27)(H,25,28)(H2,23,26,29)/b24-13+/t14?,15?,16-,17-,18-/m0/s1. The molecule has 2 fully saturated rings. The fraction of sp³-hybridized carbons (Fsp3) is 0.810.